The molecule has 1 aliphatic rings. The summed E-state index contributed by atoms with van der Waals surface area (Å²) in [7, 11) is 1.75. The average molecular weight is 286 g/mol. The van der Waals surface area contributed by atoms with E-state index in [0.717, 1.165) is 36.0 Å². The molecule has 3 unspecified atom stereocenters. The minimum atomic E-state index is 0.116. The SMILES string of the molecule is CCCNC1CC(Oc2ccc3cccnc3c2)C1OC. The number of rotatable bonds is 6. The smallest absolute Gasteiger partial charge is 0.128 e. The summed E-state index contributed by atoms with van der Waals surface area (Å²) in [6.07, 6.45) is 4.16. The van der Waals surface area contributed by atoms with E-state index in [1.54, 1.807) is 13.3 Å². The van der Waals surface area contributed by atoms with E-state index in [-0.39, 0.29) is 12.2 Å². The van der Waals surface area contributed by atoms with Gasteiger partial charge in [0.1, 0.15) is 18.0 Å². The van der Waals surface area contributed by atoms with Crippen molar-refractivity contribution < 1.29 is 9.47 Å². The summed E-state index contributed by atoms with van der Waals surface area (Å²) in [5.74, 6) is 0.863. The quantitative estimate of drug-likeness (QED) is 0.887. The molecule has 1 heterocycles. The molecule has 1 fully saturated rings. The van der Waals surface area contributed by atoms with Crippen molar-refractivity contribution in [2.75, 3.05) is 13.7 Å². The number of hydrogen-bond donors (Lipinski definition) is 1. The molecular weight excluding hydrogens is 264 g/mol. The van der Waals surface area contributed by atoms with Crippen LogP contribution in [0.1, 0.15) is 19.8 Å². The van der Waals surface area contributed by atoms with Crippen LogP contribution in [0.4, 0.5) is 0 Å². The summed E-state index contributed by atoms with van der Waals surface area (Å²) in [5.41, 5.74) is 0.962. The van der Waals surface area contributed by atoms with Gasteiger partial charge in [-0.1, -0.05) is 13.0 Å². The lowest BCUT2D eigenvalue weighted by Crippen LogP contribution is -2.61. The van der Waals surface area contributed by atoms with E-state index in [2.05, 4.69) is 23.3 Å². The minimum Gasteiger partial charge on any atom is -0.488 e. The number of ether oxygens (including phenoxy) is 2. The largest absolute Gasteiger partial charge is 0.488 e. The maximum atomic E-state index is 6.07. The molecule has 1 aromatic heterocycles. The molecule has 4 nitrogen and oxygen atoms in total. The fraction of sp³-hybridized carbons (Fsp3) is 0.471. The molecule has 21 heavy (non-hydrogen) atoms. The first-order valence-corrected chi connectivity index (χ1v) is 7.59. The van der Waals surface area contributed by atoms with E-state index in [4.69, 9.17) is 9.47 Å². The van der Waals surface area contributed by atoms with Crippen molar-refractivity contribution in [3.63, 3.8) is 0 Å². The predicted octanol–water partition coefficient (Wildman–Crippen LogP) is 2.77. The van der Waals surface area contributed by atoms with Crippen LogP contribution in [0.15, 0.2) is 36.5 Å². The lowest BCUT2D eigenvalue weighted by Gasteiger charge is -2.43. The summed E-state index contributed by atoms with van der Waals surface area (Å²) in [5, 5.41) is 4.63. The van der Waals surface area contributed by atoms with Crippen molar-refractivity contribution in [1.29, 1.82) is 0 Å². The fourth-order valence-corrected chi connectivity index (χ4v) is 2.84. The second kappa shape index (κ2) is 6.41. The van der Waals surface area contributed by atoms with E-state index in [1.165, 1.54) is 0 Å². The van der Waals surface area contributed by atoms with Crippen molar-refractivity contribution in [1.82, 2.24) is 10.3 Å². The zero-order valence-corrected chi connectivity index (χ0v) is 12.6. The molecule has 0 spiro atoms. The van der Waals surface area contributed by atoms with Crippen LogP contribution in [0.3, 0.4) is 0 Å². The molecule has 1 saturated carbocycles. The minimum absolute atomic E-state index is 0.116. The van der Waals surface area contributed by atoms with Gasteiger partial charge in [-0.05, 0) is 31.2 Å². The third-order valence-corrected chi connectivity index (χ3v) is 4.04. The molecule has 1 aliphatic carbocycles. The first-order valence-electron chi connectivity index (χ1n) is 7.59. The van der Waals surface area contributed by atoms with Crippen LogP contribution in [0.2, 0.25) is 0 Å². The molecule has 1 aromatic carbocycles. The van der Waals surface area contributed by atoms with Crippen LogP contribution in [-0.2, 0) is 4.74 Å². The molecule has 0 aliphatic heterocycles. The van der Waals surface area contributed by atoms with Crippen LogP contribution in [0.25, 0.3) is 10.9 Å². The summed E-state index contributed by atoms with van der Waals surface area (Å²) in [4.78, 5) is 4.36. The number of benzene rings is 1. The van der Waals surface area contributed by atoms with E-state index in [0.29, 0.717) is 6.04 Å². The van der Waals surface area contributed by atoms with Crippen molar-refractivity contribution >= 4 is 10.9 Å². The van der Waals surface area contributed by atoms with E-state index >= 15 is 0 Å². The predicted molar refractivity (Wildman–Crippen MR) is 83.7 cm³/mol. The molecule has 0 radical (unpaired) electrons. The Morgan fingerprint density at radius 2 is 2.24 bits per heavy atom. The Morgan fingerprint density at radius 1 is 1.33 bits per heavy atom. The van der Waals surface area contributed by atoms with Crippen LogP contribution in [0.5, 0.6) is 5.75 Å². The first-order chi connectivity index (χ1) is 10.3. The second-order valence-corrected chi connectivity index (χ2v) is 5.51. The highest BCUT2D eigenvalue weighted by Crippen LogP contribution is 2.30. The van der Waals surface area contributed by atoms with Crippen molar-refractivity contribution in [3.05, 3.63) is 36.5 Å². The van der Waals surface area contributed by atoms with Gasteiger partial charge in [0.2, 0.25) is 0 Å². The molecule has 3 atom stereocenters. The van der Waals surface area contributed by atoms with Gasteiger partial charge >= 0.3 is 0 Å². The lowest BCUT2D eigenvalue weighted by molar-refractivity contribution is -0.0886. The molecule has 112 valence electrons. The number of pyridine rings is 1. The van der Waals surface area contributed by atoms with Gasteiger partial charge in [0.25, 0.3) is 0 Å². The Hall–Kier alpha value is -1.65. The number of hydrogen-bond acceptors (Lipinski definition) is 4. The third kappa shape index (κ3) is 3.01. The Kier molecular flexibility index (Phi) is 4.36. The standard InChI is InChI=1S/C17H22N2O2/c1-3-8-18-15-11-16(17(15)20-2)21-13-7-6-12-5-4-9-19-14(12)10-13/h4-7,9-10,15-18H,3,8,11H2,1-2H3. The van der Waals surface area contributed by atoms with Crippen molar-refractivity contribution in [2.45, 2.75) is 38.0 Å². The number of nitrogens with one attached hydrogen (secondary N) is 1. The van der Waals surface area contributed by atoms with Gasteiger partial charge in [-0.25, -0.2) is 0 Å². The Bertz CT molecular complexity index is 602. The summed E-state index contributed by atoms with van der Waals surface area (Å²) in [6.45, 7) is 3.20. The molecular formula is C17H22N2O2. The number of aromatic nitrogens is 1. The highest BCUT2D eigenvalue weighted by molar-refractivity contribution is 5.79. The lowest BCUT2D eigenvalue weighted by atomic mass is 9.85. The van der Waals surface area contributed by atoms with E-state index < -0.39 is 0 Å². The number of methoxy groups -OCH3 is 1. The fourth-order valence-electron chi connectivity index (χ4n) is 2.84. The highest BCUT2D eigenvalue weighted by Gasteiger charge is 2.42. The Morgan fingerprint density at radius 3 is 3.05 bits per heavy atom. The zero-order chi connectivity index (χ0) is 14.7. The van der Waals surface area contributed by atoms with Crippen LogP contribution in [0, 0.1) is 0 Å². The number of fused-ring (bicyclic) bond motifs is 1. The molecule has 0 bridgehead atoms. The first kappa shape index (κ1) is 14.3. The Labute approximate surface area is 125 Å². The summed E-state index contributed by atoms with van der Waals surface area (Å²) < 4.78 is 11.6. The molecule has 1 N–H and O–H groups in total. The van der Waals surface area contributed by atoms with Gasteiger partial charge in [0, 0.05) is 37.2 Å². The topological polar surface area (TPSA) is 43.4 Å². The van der Waals surface area contributed by atoms with Gasteiger partial charge in [0.05, 0.1) is 5.52 Å². The van der Waals surface area contributed by atoms with Crippen molar-refractivity contribution in [3.8, 4) is 5.75 Å². The average Bonchev–Trinajstić information content (AvgIpc) is 2.50. The Balaban J connectivity index is 1.65. The van der Waals surface area contributed by atoms with Crippen LogP contribution in [-0.4, -0.2) is 36.9 Å². The zero-order valence-electron chi connectivity index (χ0n) is 12.6. The van der Waals surface area contributed by atoms with E-state index in [1.807, 2.05) is 24.3 Å². The van der Waals surface area contributed by atoms with Gasteiger partial charge in [0.15, 0.2) is 0 Å². The normalized spacial score (nSPS) is 24.8. The van der Waals surface area contributed by atoms with Crippen molar-refractivity contribution in [2.24, 2.45) is 0 Å². The summed E-state index contributed by atoms with van der Waals surface area (Å²) in [6, 6.07) is 10.4. The maximum absolute atomic E-state index is 6.07. The third-order valence-electron chi connectivity index (χ3n) is 4.04. The van der Waals surface area contributed by atoms with Gasteiger partial charge in [-0.3, -0.25) is 4.98 Å². The molecule has 4 heteroatoms. The molecule has 2 aromatic rings. The highest BCUT2D eigenvalue weighted by atomic mass is 16.5. The van der Waals surface area contributed by atoms with E-state index in [9.17, 15) is 0 Å². The monoisotopic (exact) mass is 286 g/mol. The second-order valence-electron chi connectivity index (χ2n) is 5.51. The maximum Gasteiger partial charge on any atom is 0.128 e. The molecule has 0 amide bonds. The van der Waals surface area contributed by atoms with Gasteiger partial charge in [-0.15, -0.1) is 0 Å². The molecule has 3 rings (SSSR count). The molecule has 0 saturated heterocycles. The van der Waals surface area contributed by atoms with Gasteiger partial charge in [-0.2, -0.15) is 0 Å². The number of nitrogens with zero attached hydrogens (tertiary/aromatic N) is 1. The summed E-state index contributed by atoms with van der Waals surface area (Å²) >= 11 is 0. The van der Waals surface area contributed by atoms with Crippen LogP contribution >= 0.6 is 0 Å². The van der Waals surface area contributed by atoms with Gasteiger partial charge < -0.3 is 14.8 Å². The van der Waals surface area contributed by atoms with Crippen LogP contribution < -0.4 is 10.1 Å².